The number of nitrogens with one attached hydrogen (secondary N) is 1. The summed E-state index contributed by atoms with van der Waals surface area (Å²) >= 11 is 0. The first kappa shape index (κ1) is 14.4. The van der Waals surface area contributed by atoms with E-state index in [1.165, 1.54) is 0 Å². The van der Waals surface area contributed by atoms with Crippen LogP contribution in [0.1, 0.15) is 48.0 Å². The maximum atomic E-state index is 11.6. The van der Waals surface area contributed by atoms with Gasteiger partial charge in [-0.15, -0.1) is 0 Å². The van der Waals surface area contributed by atoms with Gasteiger partial charge in [-0.25, -0.2) is 0 Å². The molecule has 0 spiro atoms. The second kappa shape index (κ2) is 4.97. The van der Waals surface area contributed by atoms with Crippen LogP contribution in [0, 0.1) is 10.8 Å². The van der Waals surface area contributed by atoms with Crippen LogP contribution in [-0.2, 0) is 4.79 Å². The minimum absolute atomic E-state index is 0.0566. The molecule has 90 valence electrons. The lowest BCUT2D eigenvalue weighted by atomic mass is 9.86. The summed E-state index contributed by atoms with van der Waals surface area (Å²) in [6, 6.07) is 0. The van der Waals surface area contributed by atoms with Crippen LogP contribution in [-0.4, -0.2) is 23.7 Å². The average Bonchev–Trinajstić information content (AvgIpc) is 1.95. The Kier molecular flexibility index (Phi) is 4.78. The largest absolute Gasteiger partial charge is 0.393 e. The number of aliphatic hydroxyl groups excluding tert-OH is 1. The highest BCUT2D eigenvalue weighted by Gasteiger charge is 2.25. The second-order valence-electron chi connectivity index (χ2n) is 6.15. The van der Waals surface area contributed by atoms with E-state index in [-0.39, 0.29) is 22.8 Å². The van der Waals surface area contributed by atoms with E-state index >= 15 is 0 Å². The molecule has 0 aromatic heterocycles. The van der Waals surface area contributed by atoms with Crippen LogP contribution in [0.5, 0.6) is 0 Å². The highest BCUT2D eigenvalue weighted by atomic mass is 16.3. The Morgan fingerprint density at radius 2 is 1.73 bits per heavy atom. The van der Waals surface area contributed by atoms with E-state index in [0.29, 0.717) is 13.0 Å². The summed E-state index contributed by atoms with van der Waals surface area (Å²) in [6.45, 7) is 12.1. The zero-order chi connectivity index (χ0) is 12.3. The first-order valence-corrected chi connectivity index (χ1v) is 5.51. The lowest BCUT2D eigenvalue weighted by Gasteiger charge is -2.28. The molecule has 2 N–H and O–H groups in total. The summed E-state index contributed by atoms with van der Waals surface area (Å²) in [5.41, 5.74) is -0.407. The summed E-state index contributed by atoms with van der Waals surface area (Å²) in [4.78, 5) is 11.6. The summed E-state index contributed by atoms with van der Waals surface area (Å²) in [5.74, 6) is 0.0566. The molecule has 3 heteroatoms. The van der Waals surface area contributed by atoms with Crippen molar-refractivity contribution in [2.75, 3.05) is 6.54 Å². The van der Waals surface area contributed by atoms with Crippen LogP contribution in [0.15, 0.2) is 0 Å². The van der Waals surface area contributed by atoms with Gasteiger partial charge in [0.25, 0.3) is 0 Å². The first-order chi connectivity index (χ1) is 6.54. The van der Waals surface area contributed by atoms with Crippen molar-refractivity contribution < 1.29 is 9.90 Å². The zero-order valence-corrected chi connectivity index (χ0v) is 10.8. The van der Waals surface area contributed by atoms with Crippen molar-refractivity contribution in [3.05, 3.63) is 0 Å². The van der Waals surface area contributed by atoms with Gasteiger partial charge in [-0.2, -0.15) is 0 Å². The predicted octanol–water partition coefficient (Wildman–Crippen LogP) is 1.95. The van der Waals surface area contributed by atoms with Crippen LogP contribution in [0.2, 0.25) is 0 Å². The smallest absolute Gasteiger partial charge is 0.225 e. The van der Waals surface area contributed by atoms with E-state index in [2.05, 4.69) is 5.32 Å². The molecule has 0 radical (unpaired) electrons. The second-order valence-corrected chi connectivity index (χ2v) is 6.15. The van der Waals surface area contributed by atoms with Gasteiger partial charge in [-0.3, -0.25) is 4.79 Å². The molecule has 0 aliphatic carbocycles. The number of aliphatic hydroxyl groups is 1. The first-order valence-electron chi connectivity index (χ1n) is 5.51. The fraction of sp³-hybridized carbons (Fsp3) is 0.917. The number of hydrogen-bond acceptors (Lipinski definition) is 2. The van der Waals surface area contributed by atoms with Crippen LogP contribution in [0.3, 0.4) is 0 Å². The van der Waals surface area contributed by atoms with Gasteiger partial charge in [0.05, 0.1) is 6.10 Å². The summed E-state index contributed by atoms with van der Waals surface area (Å²) < 4.78 is 0. The normalized spacial score (nSPS) is 14.9. The molecule has 0 bridgehead atoms. The van der Waals surface area contributed by atoms with Crippen molar-refractivity contribution in [1.29, 1.82) is 0 Å². The fourth-order valence-corrected chi connectivity index (χ4v) is 1.46. The van der Waals surface area contributed by atoms with Crippen molar-refractivity contribution in [2.24, 2.45) is 10.8 Å². The van der Waals surface area contributed by atoms with E-state index in [9.17, 15) is 9.90 Å². The zero-order valence-electron chi connectivity index (χ0n) is 10.8. The summed E-state index contributed by atoms with van der Waals surface area (Å²) in [7, 11) is 0. The Morgan fingerprint density at radius 3 is 2.07 bits per heavy atom. The number of rotatable bonds is 4. The minimum atomic E-state index is -0.346. The van der Waals surface area contributed by atoms with E-state index in [1.54, 1.807) is 6.92 Å². The van der Waals surface area contributed by atoms with E-state index in [0.717, 1.165) is 0 Å². The third-order valence-corrected chi connectivity index (χ3v) is 2.26. The van der Waals surface area contributed by atoms with Crippen LogP contribution in [0.25, 0.3) is 0 Å². The molecule has 0 fully saturated rings. The number of amides is 1. The number of hydrogen-bond donors (Lipinski definition) is 2. The average molecular weight is 215 g/mol. The van der Waals surface area contributed by atoms with Gasteiger partial charge in [0.15, 0.2) is 0 Å². The third kappa shape index (κ3) is 6.50. The Bertz CT molecular complexity index is 214. The van der Waals surface area contributed by atoms with Gasteiger partial charge in [0.2, 0.25) is 5.91 Å². The van der Waals surface area contributed by atoms with Crippen molar-refractivity contribution in [3.8, 4) is 0 Å². The van der Waals surface area contributed by atoms with Crippen LogP contribution < -0.4 is 5.32 Å². The minimum Gasteiger partial charge on any atom is -0.393 e. The molecule has 0 aliphatic rings. The van der Waals surface area contributed by atoms with Crippen LogP contribution in [0.4, 0.5) is 0 Å². The highest BCUT2D eigenvalue weighted by molar-refractivity contribution is 5.81. The van der Waals surface area contributed by atoms with Gasteiger partial charge in [-0.1, -0.05) is 34.6 Å². The molecule has 0 heterocycles. The highest BCUT2D eigenvalue weighted by Crippen LogP contribution is 2.22. The lowest BCUT2D eigenvalue weighted by Crippen LogP contribution is -2.41. The molecule has 1 amide bonds. The fourth-order valence-electron chi connectivity index (χ4n) is 1.46. The SMILES string of the molecule is CC(O)CC(C)(C)CNC(=O)C(C)(C)C. The molecule has 0 aromatic rings. The van der Waals surface area contributed by atoms with Gasteiger partial charge < -0.3 is 10.4 Å². The van der Waals surface area contributed by atoms with E-state index in [4.69, 9.17) is 0 Å². The Labute approximate surface area is 93.3 Å². The monoisotopic (exact) mass is 215 g/mol. The maximum absolute atomic E-state index is 11.6. The molecular weight excluding hydrogens is 190 g/mol. The quantitative estimate of drug-likeness (QED) is 0.753. The topological polar surface area (TPSA) is 49.3 Å². The number of carbonyl (C=O) groups is 1. The molecule has 15 heavy (non-hydrogen) atoms. The molecule has 0 aromatic carbocycles. The van der Waals surface area contributed by atoms with Crippen molar-refractivity contribution in [1.82, 2.24) is 5.32 Å². The van der Waals surface area contributed by atoms with Gasteiger partial charge in [-0.05, 0) is 18.8 Å². The van der Waals surface area contributed by atoms with E-state index < -0.39 is 0 Å². The molecule has 0 rings (SSSR count). The predicted molar refractivity (Wildman–Crippen MR) is 62.5 cm³/mol. The summed E-state index contributed by atoms with van der Waals surface area (Å²) in [5, 5.41) is 12.2. The van der Waals surface area contributed by atoms with Gasteiger partial charge in [0, 0.05) is 12.0 Å². The molecule has 0 aliphatic heterocycles. The van der Waals surface area contributed by atoms with Gasteiger partial charge >= 0.3 is 0 Å². The molecule has 0 saturated heterocycles. The van der Waals surface area contributed by atoms with Crippen molar-refractivity contribution in [3.63, 3.8) is 0 Å². The lowest BCUT2D eigenvalue weighted by molar-refractivity contribution is -0.129. The van der Waals surface area contributed by atoms with Gasteiger partial charge in [0.1, 0.15) is 0 Å². The van der Waals surface area contributed by atoms with Crippen molar-refractivity contribution in [2.45, 2.75) is 54.1 Å². The Balaban J connectivity index is 4.10. The Morgan fingerprint density at radius 1 is 1.27 bits per heavy atom. The van der Waals surface area contributed by atoms with Crippen molar-refractivity contribution >= 4 is 5.91 Å². The molecular formula is C12H25NO2. The molecule has 3 nitrogen and oxygen atoms in total. The molecule has 1 atom stereocenters. The summed E-state index contributed by atoms with van der Waals surface area (Å²) in [6.07, 6.45) is 0.365. The maximum Gasteiger partial charge on any atom is 0.225 e. The molecule has 1 unspecified atom stereocenters. The molecule has 0 saturated carbocycles. The van der Waals surface area contributed by atoms with Crippen LogP contribution >= 0.6 is 0 Å². The van der Waals surface area contributed by atoms with E-state index in [1.807, 2.05) is 34.6 Å². The standard InChI is InChI=1S/C12H25NO2/c1-9(14)7-12(5,6)8-13-10(15)11(2,3)4/h9,14H,7-8H2,1-6H3,(H,13,15). The number of carbonyl (C=O) groups excluding carboxylic acids is 1. The third-order valence-electron chi connectivity index (χ3n) is 2.26. The Hall–Kier alpha value is -0.570.